The van der Waals surface area contributed by atoms with Gasteiger partial charge in [0.25, 0.3) is 5.91 Å². The number of hydrogen-bond acceptors (Lipinski definition) is 5. The Labute approximate surface area is 118 Å². The van der Waals surface area contributed by atoms with E-state index in [2.05, 4.69) is 0 Å². The van der Waals surface area contributed by atoms with E-state index in [0.717, 1.165) is 11.5 Å². The van der Waals surface area contributed by atoms with Crippen molar-refractivity contribution >= 4 is 27.7 Å². The highest BCUT2D eigenvalue weighted by molar-refractivity contribution is 7.99. The van der Waals surface area contributed by atoms with Crippen molar-refractivity contribution in [2.24, 2.45) is 0 Å². The van der Waals surface area contributed by atoms with E-state index in [1.807, 2.05) is 11.8 Å². The fourth-order valence-corrected chi connectivity index (χ4v) is 4.14. The zero-order valence-corrected chi connectivity index (χ0v) is 12.9. The van der Waals surface area contributed by atoms with Crippen LogP contribution in [0.2, 0.25) is 0 Å². The molecular formula is C11H20N2O4S2. The van der Waals surface area contributed by atoms with E-state index < -0.39 is 15.6 Å². The molecule has 19 heavy (non-hydrogen) atoms. The Morgan fingerprint density at radius 2 is 1.89 bits per heavy atom. The molecule has 0 bridgehead atoms. The van der Waals surface area contributed by atoms with Crippen LogP contribution in [0.4, 0.5) is 0 Å². The van der Waals surface area contributed by atoms with Crippen molar-refractivity contribution in [2.75, 3.05) is 50.5 Å². The van der Waals surface area contributed by atoms with Gasteiger partial charge in [0, 0.05) is 31.1 Å². The van der Waals surface area contributed by atoms with Gasteiger partial charge in [0.2, 0.25) is 10.0 Å². The van der Waals surface area contributed by atoms with Crippen molar-refractivity contribution in [1.29, 1.82) is 0 Å². The summed E-state index contributed by atoms with van der Waals surface area (Å²) in [6, 6.07) is 0. The summed E-state index contributed by atoms with van der Waals surface area (Å²) in [5.41, 5.74) is -1.05. The van der Waals surface area contributed by atoms with Gasteiger partial charge < -0.3 is 9.64 Å². The molecular weight excluding hydrogens is 288 g/mol. The zero-order chi connectivity index (χ0) is 14.1. The van der Waals surface area contributed by atoms with E-state index in [-0.39, 0.29) is 19.1 Å². The summed E-state index contributed by atoms with van der Waals surface area (Å²) in [6.45, 7) is 3.79. The number of carbonyl (C=O) groups is 1. The number of hydrogen-bond donors (Lipinski definition) is 0. The standard InChI is InChI=1S/C11H20N2O4S2/c1-11(10(14)12-4-7-18-8-5-12)9-13(3-6-17-11)19(2,15)16/h3-9H2,1-2H3. The summed E-state index contributed by atoms with van der Waals surface area (Å²) in [6.07, 6.45) is 1.17. The molecule has 2 heterocycles. The number of ether oxygens (including phenoxy) is 1. The van der Waals surface area contributed by atoms with Crippen molar-refractivity contribution in [2.45, 2.75) is 12.5 Å². The molecule has 6 nitrogen and oxygen atoms in total. The molecule has 2 fully saturated rings. The van der Waals surface area contributed by atoms with Crippen LogP contribution in [0.5, 0.6) is 0 Å². The Morgan fingerprint density at radius 3 is 2.47 bits per heavy atom. The third-order valence-corrected chi connectivity index (χ3v) is 5.65. The lowest BCUT2D eigenvalue weighted by Gasteiger charge is -2.41. The molecule has 0 aromatic heterocycles. The predicted octanol–water partition coefficient (Wildman–Crippen LogP) is -0.388. The molecule has 1 atom stereocenters. The molecule has 2 aliphatic heterocycles. The lowest BCUT2D eigenvalue weighted by molar-refractivity contribution is -0.163. The molecule has 2 rings (SSSR count). The maximum absolute atomic E-state index is 12.5. The first-order valence-electron chi connectivity index (χ1n) is 6.29. The molecule has 8 heteroatoms. The van der Waals surface area contributed by atoms with Gasteiger partial charge in [-0.3, -0.25) is 4.79 Å². The number of sulfonamides is 1. The first-order valence-corrected chi connectivity index (χ1v) is 9.29. The van der Waals surface area contributed by atoms with Gasteiger partial charge in [-0.2, -0.15) is 16.1 Å². The van der Waals surface area contributed by atoms with Crippen LogP contribution in [-0.2, 0) is 19.6 Å². The number of nitrogens with zero attached hydrogens (tertiary/aromatic N) is 2. The minimum Gasteiger partial charge on any atom is -0.363 e. The van der Waals surface area contributed by atoms with E-state index >= 15 is 0 Å². The first kappa shape index (κ1) is 15.1. The molecule has 0 radical (unpaired) electrons. The van der Waals surface area contributed by atoms with Crippen LogP contribution in [0.1, 0.15) is 6.92 Å². The van der Waals surface area contributed by atoms with Gasteiger partial charge >= 0.3 is 0 Å². The van der Waals surface area contributed by atoms with Crippen molar-refractivity contribution in [3.63, 3.8) is 0 Å². The molecule has 0 aromatic rings. The summed E-state index contributed by atoms with van der Waals surface area (Å²) in [5.74, 6) is 1.76. The van der Waals surface area contributed by atoms with Crippen LogP contribution >= 0.6 is 11.8 Å². The average molecular weight is 308 g/mol. The highest BCUT2D eigenvalue weighted by Gasteiger charge is 2.44. The normalized spacial score (nSPS) is 30.3. The van der Waals surface area contributed by atoms with E-state index in [1.165, 1.54) is 10.6 Å². The fraction of sp³-hybridized carbons (Fsp3) is 0.909. The summed E-state index contributed by atoms with van der Waals surface area (Å²) in [5, 5.41) is 0. The summed E-state index contributed by atoms with van der Waals surface area (Å²) < 4.78 is 30.2. The van der Waals surface area contributed by atoms with Crippen molar-refractivity contribution < 1.29 is 17.9 Å². The lowest BCUT2D eigenvalue weighted by Crippen LogP contribution is -2.60. The molecule has 0 spiro atoms. The number of carbonyl (C=O) groups excluding carboxylic acids is 1. The topological polar surface area (TPSA) is 66.9 Å². The van der Waals surface area contributed by atoms with Gasteiger partial charge in [-0.25, -0.2) is 8.42 Å². The van der Waals surface area contributed by atoms with Crippen LogP contribution < -0.4 is 0 Å². The molecule has 1 amide bonds. The van der Waals surface area contributed by atoms with Crippen LogP contribution in [-0.4, -0.2) is 79.7 Å². The van der Waals surface area contributed by atoms with E-state index in [9.17, 15) is 13.2 Å². The van der Waals surface area contributed by atoms with Gasteiger partial charge in [-0.15, -0.1) is 0 Å². The van der Waals surface area contributed by atoms with E-state index in [0.29, 0.717) is 19.6 Å². The maximum Gasteiger partial charge on any atom is 0.255 e. The number of morpholine rings is 1. The maximum atomic E-state index is 12.5. The number of amides is 1. The van der Waals surface area contributed by atoms with E-state index in [1.54, 1.807) is 11.8 Å². The summed E-state index contributed by atoms with van der Waals surface area (Å²) in [4.78, 5) is 14.3. The zero-order valence-electron chi connectivity index (χ0n) is 11.3. The monoisotopic (exact) mass is 308 g/mol. The van der Waals surface area contributed by atoms with Gasteiger partial charge in [0.1, 0.15) is 0 Å². The minimum atomic E-state index is -3.28. The second-order valence-corrected chi connectivity index (χ2v) is 8.29. The summed E-state index contributed by atoms with van der Waals surface area (Å²) in [7, 11) is -3.28. The Bertz CT molecular complexity index is 448. The Hall–Kier alpha value is -0.310. The van der Waals surface area contributed by atoms with Crippen molar-refractivity contribution in [3.8, 4) is 0 Å². The molecule has 0 aromatic carbocycles. The summed E-state index contributed by atoms with van der Waals surface area (Å²) >= 11 is 1.83. The van der Waals surface area contributed by atoms with Gasteiger partial charge in [-0.05, 0) is 6.92 Å². The third kappa shape index (κ3) is 3.42. The van der Waals surface area contributed by atoms with Crippen LogP contribution in [0.25, 0.3) is 0 Å². The first-order chi connectivity index (χ1) is 8.83. The fourth-order valence-electron chi connectivity index (χ4n) is 2.35. The Kier molecular flexibility index (Phi) is 4.44. The predicted molar refractivity (Wildman–Crippen MR) is 74.7 cm³/mol. The second-order valence-electron chi connectivity index (χ2n) is 5.08. The van der Waals surface area contributed by atoms with Gasteiger partial charge in [-0.1, -0.05) is 0 Å². The molecule has 0 N–H and O–H groups in total. The van der Waals surface area contributed by atoms with Crippen LogP contribution in [0.15, 0.2) is 0 Å². The molecule has 0 saturated carbocycles. The number of thioether (sulfide) groups is 1. The van der Waals surface area contributed by atoms with Crippen LogP contribution in [0.3, 0.4) is 0 Å². The molecule has 1 unspecified atom stereocenters. The SMILES string of the molecule is CC1(C(=O)N2CCSCC2)CN(S(C)(=O)=O)CCO1. The molecule has 0 aliphatic carbocycles. The second kappa shape index (κ2) is 5.59. The quantitative estimate of drug-likeness (QED) is 0.695. The van der Waals surface area contributed by atoms with Crippen LogP contribution in [0, 0.1) is 0 Å². The smallest absolute Gasteiger partial charge is 0.255 e. The highest BCUT2D eigenvalue weighted by atomic mass is 32.2. The van der Waals surface area contributed by atoms with Gasteiger partial charge in [0.05, 0.1) is 19.4 Å². The van der Waals surface area contributed by atoms with Crippen molar-refractivity contribution in [3.05, 3.63) is 0 Å². The third-order valence-electron chi connectivity index (χ3n) is 3.46. The average Bonchev–Trinajstić information content (AvgIpc) is 2.38. The highest BCUT2D eigenvalue weighted by Crippen LogP contribution is 2.23. The largest absolute Gasteiger partial charge is 0.363 e. The minimum absolute atomic E-state index is 0.0962. The molecule has 2 aliphatic rings. The van der Waals surface area contributed by atoms with E-state index in [4.69, 9.17) is 4.74 Å². The Morgan fingerprint density at radius 1 is 1.26 bits per heavy atom. The van der Waals surface area contributed by atoms with Crippen molar-refractivity contribution in [1.82, 2.24) is 9.21 Å². The molecule has 2 saturated heterocycles. The van der Waals surface area contributed by atoms with Gasteiger partial charge in [0.15, 0.2) is 5.60 Å². The number of rotatable bonds is 2. The lowest BCUT2D eigenvalue weighted by atomic mass is 10.0. The molecule has 110 valence electrons. The Balaban J connectivity index is 2.10.